The molecular formula is C18H17N3. The van der Waals surface area contributed by atoms with Crippen molar-refractivity contribution in [3.05, 3.63) is 64.2 Å². The molecule has 21 heavy (non-hydrogen) atoms. The van der Waals surface area contributed by atoms with Gasteiger partial charge in [0.25, 0.3) is 0 Å². The fourth-order valence-corrected chi connectivity index (χ4v) is 2.44. The molecule has 0 aliphatic rings. The molecule has 104 valence electrons. The first kappa shape index (κ1) is 14.6. The Balaban J connectivity index is 2.57. The maximum Gasteiger partial charge on any atom is 0.102 e. The number of rotatable bonds is 3. The monoisotopic (exact) mass is 275 g/mol. The minimum absolute atomic E-state index is 0.597. The van der Waals surface area contributed by atoms with Crippen molar-refractivity contribution in [3.8, 4) is 12.1 Å². The predicted molar refractivity (Wildman–Crippen MR) is 84.2 cm³/mol. The van der Waals surface area contributed by atoms with E-state index in [2.05, 4.69) is 12.1 Å². The molecule has 2 rings (SSSR count). The van der Waals surface area contributed by atoms with Crippen molar-refractivity contribution in [1.82, 2.24) is 0 Å². The molecule has 3 nitrogen and oxygen atoms in total. The minimum atomic E-state index is 0.597. The van der Waals surface area contributed by atoms with Gasteiger partial charge in [-0.1, -0.05) is 24.3 Å². The molecule has 0 spiro atoms. The summed E-state index contributed by atoms with van der Waals surface area (Å²) in [5.41, 5.74) is 5.28. The SMILES string of the molecule is Cc1ccc(N(C)C)c(C#N)c1Cc1ccccc1C#N. The highest BCUT2D eigenvalue weighted by Gasteiger charge is 2.14. The second kappa shape index (κ2) is 6.11. The first-order valence-corrected chi connectivity index (χ1v) is 6.76. The van der Waals surface area contributed by atoms with Gasteiger partial charge in [-0.15, -0.1) is 0 Å². The van der Waals surface area contributed by atoms with Crippen LogP contribution in [0.4, 0.5) is 5.69 Å². The largest absolute Gasteiger partial charge is 0.377 e. The third-order valence-electron chi connectivity index (χ3n) is 3.62. The van der Waals surface area contributed by atoms with Gasteiger partial charge in [-0.25, -0.2) is 0 Å². The molecule has 0 fully saturated rings. The summed E-state index contributed by atoms with van der Waals surface area (Å²) in [6.07, 6.45) is 0.597. The highest BCUT2D eigenvalue weighted by molar-refractivity contribution is 5.64. The Morgan fingerprint density at radius 2 is 1.71 bits per heavy atom. The summed E-state index contributed by atoms with van der Waals surface area (Å²) >= 11 is 0. The van der Waals surface area contributed by atoms with Crippen LogP contribution in [-0.2, 0) is 6.42 Å². The van der Waals surface area contributed by atoms with Crippen molar-refractivity contribution in [2.45, 2.75) is 13.3 Å². The van der Waals surface area contributed by atoms with Gasteiger partial charge in [-0.3, -0.25) is 0 Å². The maximum absolute atomic E-state index is 9.54. The lowest BCUT2D eigenvalue weighted by Gasteiger charge is -2.18. The second-order valence-corrected chi connectivity index (χ2v) is 5.21. The zero-order valence-electron chi connectivity index (χ0n) is 12.5. The number of hydrogen-bond donors (Lipinski definition) is 0. The van der Waals surface area contributed by atoms with Crippen molar-refractivity contribution in [2.75, 3.05) is 19.0 Å². The summed E-state index contributed by atoms with van der Waals surface area (Å²) in [6, 6.07) is 16.1. The standard InChI is InChI=1S/C18H17N3/c1-13-8-9-18(21(2)3)17(12-20)16(13)10-14-6-4-5-7-15(14)11-19/h4-9H,10H2,1-3H3. The van der Waals surface area contributed by atoms with Gasteiger partial charge in [0.15, 0.2) is 0 Å². The molecule has 0 aliphatic carbocycles. The molecule has 0 aliphatic heterocycles. The van der Waals surface area contributed by atoms with Gasteiger partial charge < -0.3 is 4.90 Å². The van der Waals surface area contributed by atoms with E-state index >= 15 is 0 Å². The van der Waals surface area contributed by atoms with Crippen LogP contribution >= 0.6 is 0 Å². The Labute approximate surface area is 125 Å². The maximum atomic E-state index is 9.54. The molecule has 0 radical (unpaired) electrons. The van der Waals surface area contributed by atoms with Crippen LogP contribution in [0.1, 0.15) is 27.8 Å². The first-order valence-electron chi connectivity index (χ1n) is 6.76. The van der Waals surface area contributed by atoms with Crippen molar-refractivity contribution in [1.29, 1.82) is 10.5 Å². The van der Waals surface area contributed by atoms with Crippen molar-refractivity contribution in [3.63, 3.8) is 0 Å². The van der Waals surface area contributed by atoms with Gasteiger partial charge in [0.2, 0.25) is 0 Å². The van der Waals surface area contributed by atoms with E-state index in [0.29, 0.717) is 17.5 Å². The van der Waals surface area contributed by atoms with Crippen LogP contribution < -0.4 is 4.90 Å². The van der Waals surface area contributed by atoms with Gasteiger partial charge in [-0.2, -0.15) is 10.5 Å². The minimum Gasteiger partial charge on any atom is -0.377 e. The Kier molecular flexibility index (Phi) is 4.26. The number of benzene rings is 2. The molecule has 0 N–H and O–H groups in total. The van der Waals surface area contributed by atoms with E-state index in [4.69, 9.17) is 0 Å². The van der Waals surface area contributed by atoms with E-state index in [0.717, 1.165) is 22.4 Å². The molecule has 0 heterocycles. The zero-order chi connectivity index (χ0) is 15.4. The third kappa shape index (κ3) is 2.88. The molecule has 2 aromatic rings. The predicted octanol–water partition coefficient (Wildman–Crippen LogP) is 3.40. The van der Waals surface area contributed by atoms with Crippen LogP contribution in [0.3, 0.4) is 0 Å². The summed E-state index contributed by atoms with van der Waals surface area (Å²) < 4.78 is 0. The molecule has 2 aromatic carbocycles. The average molecular weight is 275 g/mol. The number of nitriles is 2. The molecule has 0 saturated carbocycles. The first-order chi connectivity index (χ1) is 10.1. The quantitative estimate of drug-likeness (QED) is 0.862. The van der Waals surface area contributed by atoms with Gasteiger partial charge in [0, 0.05) is 20.5 Å². The van der Waals surface area contributed by atoms with E-state index in [1.807, 2.05) is 62.3 Å². The smallest absolute Gasteiger partial charge is 0.102 e. The Morgan fingerprint density at radius 3 is 2.33 bits per heavy atom. The summed E-state index contributed by atoms with van der Waals surface area (Å²) in [5.74, 6) is 0. The normalized spacial score (nSPS) is 9.76. The summed E-state index contributed by atoms with van der Waals surface area (Å²) in [4.78, 5) is 1.94. The van der Waals surface area contributed by atoms with Crippen molar-refractivity contribution in [2.24, 2.45) is 0 Å². The van der Waals surface area contributed by atoms with E-state index in [-0.39, 0.29) is 0 Å². The highest BCUT2D eigenvalue weighted by Crippen LogP contribution is 2.27. The van der Waals surface area contributed by atoms with E-state index in [1.165, 1.54) is 0 Å². The lowest BCUT2D eigenvalue weighted by Crippen LogP contribution is -2.12. The number of hydrogen-bond acceptors (Lipinski definition) is 3. The fraction of sp³-hybridized carbons (Fsp3) is 0.222. The second-order valence-electron chi connectivity index (χ2n) is 5.21. The van der Waals surface area contributed by atoms with Crippen LogP contribution in [0.2, 0.25) is 0 Å². The van der Waals surface area contributed by atoms with Crippen LogP contribution in [0.5, 0.6) is 0 Å². The van der Waals surface area contributed by atoms with Gasteiger partial charge in [0.05, 0.1) is 22.9 Å². The van der Waals surface area contributed by atoms with Gasteiger partial charge in [-0.05, 0) is 35.7 Å². The number of nitrogens with zero attached hydrogens (tertiary/aromatic N) is 3. The van der Waals surface area contributed by atoms with Crippen LogP contribution in [-0.4, -0.2) is 14.1 Å². The van der Waals surface area contributed by atoms with Crippen LogP contribution in [0.15, 0.2) is 36.4 Å². The number of anilines is 1. The summed E-state index contributed by atoms with van der Waals surface area (Å²) in [6.45, 7) is 2.00. The van der Waals surface area contributed by atoms with Gasteiger partial charge in [0.1, 0.15) is 6.07 Å². The third-order valence-corrected chi connectivity index (χ3v) is 3.62. The van der Waals surface area contributed by atoms with Crippen molar-refractivity contribution < 1.29 is 0 Å². The molecular weight excluding hydrogens is 258 g/mol. The average Bonchev–Trinajstić information content (AvgIpc) is 2.49. The summed E-state index contributed by atoms with van der Waals surface area (Å²) in [7, 11) is 3.86. The molecule has 0 bridgehead atoms. The molecule has 0 atom stereocenters. The highest BCUT2D eigenvalue weighted by atomic mass is 15.1. The van der Waals surface area contributed by atoms with Crippen molar-refractivity contribution >= 4 is 5.69 Å². The van der Waals surface area contributed by atoms with Gasteiger partial charge >= 0.3 is 0 Å². The lowest BCUT2D eigenvalue weighted by atomic mass is 9.92. The molecule has 3 heteroatoms. The Hall–Kier alpha value is -2.78. The van der Waals surface area contributed by atoms with E-state index in [1.54, 1.807) is 0 Å². The Morgan fingerprint density at radius 1 is 1.00 bits per heavy atom. The zero-order valence-corrected chi connectivity index (χ0v) is 12.5. The molecule has 0 aromatic heterocycles. The lowest BCUT2D eigenvalue weighted by molar-refractivity contribution is 1.08. The van der Waals surface area contributed by atoms with E-state index in [9.17, 15) is 10.5 Å². The topological polar surface area (TPSA) is 50.8 Å². The molecule has 0 saturated heterocycles. The number of aryl methyl sites for hydroxylation is 1. The molecule has 0 unspecified atom stereocenters. The fourth-order valence-electron chi connectivity index (χ4n) is 2.44. The summed E-state index contributed by atoms with van der Waals surface area (Å²) in [5, 5.41) is 18.7. The van der Waals surface area contributed by atoms with Crippen LogP contribution in [0.25, 0.3) is 0 Å². The Bertz CT molecular complexity index is 746. The van der Waals surface area contributed by atoms with E-state index < -0.39 is 0 Å². The van der Waals surface area contributed by atoms with Crippen LogP contribution in [0, 0.1) is 29.6 Å². The molecule has 0 amide bonds.